The fraction of sp³-hybridized carbons (Fsp3) is 0.375. The van der Waals surface area contributed by atoms with Crippen LogP contribution in [-0.2, 0) is 32.6 Å². The third-order valence-corrected chi connectivity index (χ3v) is 8.60. The summed E-state index contributed by atoms with van der Waals surface area (Å²) in [7, 11) is -3.79. The van der Waals surface area contributed by atoms with Crippen LogP contribution in [0.3, 0.4) is 0 Å². The molecular formula is C32H39N3O4S. The molecule has 0 aromatic heterocycles. The van der Waals surface area contributed by atoms with Crippen LogP contribution in [0.1, 0.15) is 47.9 Å². The van der Waals surface area contributed by atoms with E-state index in [0.29, 0.717) is 12.1 Å². The highest BCUT2D eigenvalue weighted by Crippen LogP contribution is 2.24. The van der Waals surface area contributed by atoms with Crippen LogP contribution in [0.4, 0.5) is 5.69 Å². The molecule has 2 amide bonds. The lowest BCUT2D eigenvalue weighted by Gasteiger charge is -2.34. The summed E-state index contributed by atoms with van der Waals surface area (Å²) in [4.78, 5) is 29.6. The summed E-state index contributed by atoms with van der Waals surface area (Å²) in [5.41, 5.74) is 4.03. The zero-order chi connectivity index (χ0) is 28.7. The number of nitrogens with zero attached hydrogens (tertiary/aromatic N) is 2. The van der Waals surface area contributed by atoms with Crippen LogP contribution in [0.15, 0.2) is 78.9 Å². The molecular weight excluding hydrogens is 522 g/mol. The van der Waals surface area contributed by atoms with Crippen molar-refractivity contribution in [3.8, 4) is 0 Å². The second-order valence-electron chi connectivity index (χ2n) is 10.8. The van der Waals surface area contributed by atoms with E-state index in [1.54, 1.807) is 17.0 Å². The maximum Gasteiger partial charge on any atom is 0.244 e. The van der Waals surface area contributed by atoms with Gasteiger partial charge in [-0.1, -0.05) is 91.2 Å². The molecule has 7 nitrogen and oxygen atoms in total. The van der Waals surface area contributed by atoms with Crippen LogP contribution in [0.2, 0.25) is 0 Å². The molecule has 212 valence electrons. The summed E-state index contributed by atoms with van der Waals surface area (Å²) >= 11 is 0. The van der Waals surface area contributed by atoms with E-state index < -0.39 is 28.5 Å². The van der Waals surface area contributed by atoms with E-state index >= 15 is 0 Å². The second kappa shape index (κ2) is 13.1. The molecule has 1 fully saturated rings. The van der Waals surface area contributed by atoms with Gasteiger partial charge in [-0.3, -0.25) is 13.9 Å². The number of hydrogen-bond acceptors (Lipinski definition) is 4. The predicted octanol–water partition coefficient (Wildman–Crippen LogP) is 4.77. The van der Waals surface area contributed by atoms with Crippen molar-refractivity contribution in [3.05, 3.63) is 101 Å². The zero-order valence-electron chi connectivity index (χ0n) is 23.5. The van der Waals surface area contributed by atoms with Gasteiger partial charge < -0.3 is 10.2 Å². The van der Waals surface area contributed by atoms with Crippen LogP contribution < -0.4 is 9.62 Å². The summed E-state index contributed by atoms with van der Waals surface area (Å²) in [6.07, 6.45) is 5.40. The minimum atomic E-state index is -3.79. The lowest BCUT2D eigenvalue weighted by molar-refractivity contribution is -0.140. The fourth-order valence-corrected chi connectivity index (χ4v) is 6.27. The Morgan fingerprint density at radius 1 is 0.900 bits per heavy atom. The van der Waals surface area contributed by atoms with E-state index in [4.69, 9.17) is 0 Å². The van der Waals surface area contributed by atoms with Crippen molar-refractivity contribution in [2.75, 3.05) is 17.1 Å². The molecule has 0 unspecified atom stereocenters. The first kappa shape index (κ1) is 29.3. The van der Waals surface area contributed by atoms with Crippen molar-refractivity contribution >= 4 is 27.5 Å². The van der Waals surface area contributed by atoms with E-state index in [2.05, 4.69) is 5.32 Å². The van der Waals surface area contributed by atoms with E-state index in [9.17, 15) is 18.0 Å². The van der Waals surface area contributed by atoms with Gasteiger partial charge in [0.05, 0.1) is 11.9 Å². The molecule has 4 rings (SSSR count). The molecule has 1 saturated carbocycles. The zero-order valence-corrected chi connectivity index (χ0v) is 24.4. The highest BCUT2D eigenvalue weighted by Gasteiger charge is 2.34. The van der Waals surface area contributed by atoms with Crippen molar-refractivity contribution < 1.29 is 18.0 Å². The summed E-state index contributed by atoms with van der Waals surface area (Å²) < 4.78 is 27.0. The highest BCUT2D eigenvalue weighted by molar-refractivity contribution is 7.92. The molecule has 1 atom stereocenters. The number of carbonyl (C=O) groups excluding carboxylic acids is 2. The van der Waals surface area contributed by atoms with Crippen molar-refractivity contribution in [2.45, 2.75) is 64.6 Å². The number of sulfonamides is 1. The number of hydrogen-bond donors (Lipinski definition) is 1. The van der Waals surface area contributed by atoms with Gasteiger partial charge in [0.15, 0.2) is 0 Å². The average molecular weight is 562 g/mol. The molecule has 0 bridgehead atoms. The van der Waals surface area contributed by atoms with Crippen LogP contribution in [0, 0.1) is 13.8 Å². The average Bonchev–Trinajstić information content (AvgIpc) is 3.43. The highest BCUT2D eigenvalue weighted by atomic mass is 32.2. The Balaban J connectivity index is 1.73. The van der Waals surface area contributed by atoms with Crippen LogP contribution in [-0.4, -0.2) is 50.0 Å². The summed E-state index contributed by atoms with van der Waals surface area (Å²) in [5.74, 6) is -0.642. The van der Waals surface area contributed by atoms with Crippen LogP contribution in [0.5, 0.6) is 0 Å². The van der Waals surface area contributed by atoms with Gasteiger partial charge in [-0.25, -0.2) is 8.42 Å². The van der Waals surface area contributed by atoms with Crippen molar-refractivity contribution in [1.29, 1.82) is 0 Å². The Morgan fingerprint density at radius 2 is 1.55 bits per heavy atom. The first-order chi connectivity index (χ1) is 19.1. The van der Waals surface area contributed by atoms with Crippen LogP contribution in [0.25, 0.3) is 0 Å². The number of benzene rings is 3. The molecule has 0 heterocycles. The number of amides is 2. The van der Waals surface area contributed by atoms with E-state index in [1.165, 1.54) is 0 Å². The smallest absolute Gasteiger partial charge is 0.244 e. The molecule has 8 heteroatoms. The van der Waals surface area contributed by atoms with Gasteiger partial charge in [0.1, 0.15) is 12.6 Å². The van der Waals surface area contributed by atoms with Gasteiger partial charge in [-0.2, -0.15) is 0 Å². The normalized spacial score (nSPS) is 14.5. The topological polar surface area (TPSA) is 86.8 Å². The summed E-state index contributed by atoms with van der Waals surface area (Å²) in [5, 5.41) is 3.19. The molecule has 0 saturated heterocycles. The Hall–Kier alpha value is -3.65. The summed E-state index contributed by atoms with van der Waals surface area (Å²) in [6.45, 7) is 3.57. The van der Waals surface area contributed by atoms with Gasteiger partial charge >= 0.3 is 0 Å². The number of carbonyl (C=O) groups is 2. The molecule has 40 heavy (non-hydrogen) atoms. The molecule has 3 aromatic rings. The van der Waals surface area contributed by atoms with Gasteiger partial charge in [0.25, 0.3) is 0 Å². The summed E-state index contributed by atoms with van der Waals surface area (Å²) in [6, 6.07) is 23.8. The lowest BCUT2D eigenvalue weighted by Crippen LogP contribution is -2.54. The van der Waals surface area contributed by atoms with Crippen molar-refractivity contribution in [2.24, 2.45) is 0 Å². The molecule has 1 aliphatic carbocycles. The van der Waals surface area contributed by atoms with Crippen LogP contribution >= 0.6 is 0 Å². The van der Waals surface area contributed by atoms with Gasteiger partial charge in [0.2, 0.25) is 21.8 Å². The quantitative estimate of drug-likeness (QED) is 0.366. The standard InChI is InChI=1S/C32H39N3O4S/c1-24-12-11-16-27(20-24)22-34(31(36)23-35(40(3,38)39)29-19-10-7-13-25(29)2)30(21-26-14-5-4-6-15-26)32(37)33-28-17-8-9-18-28/h4-7,10-16,19-20,28,30H,8-9,17-18,21-23H2,1-3H3,(H,33,37)/t30-/m0/s1. The van der Waals surface area contributed by atoms with Gasteiger partial charge in [0, 0.05) is 19.0 Å². The van der Waals surface area contributed by atoms with E-state index in [1.807, 2.05) is 80.6 Å². The lowest BCUT2D eigenvalue weighted by atomic mass is 10.0. The predicted molar refractivity (Wildman–Crippen MR) is 159 cm³/mol. The number of aryl methyl sites for hydroxylation is 2. The Morgan fingerprint density at radius 3 is 2.20 bits per heavy atom. The van der Waals surface area contributed by atoms with Gasteiger partial charge in [-0.05, 0) is 49.4 Å². The molecule has 1 aliphatic rings. The first-order valence-corrected chi connectivity index (χ1v) is 15.7. The Kier molecular flexibility index (Phi) is 9.63. The monoisotopic (exact) mass is 561 g/mol. The number of anilines is 1. The number of para-hydroxylation sites is 1. The van der Waals surface area contributed by atoms with Crippen molar-refractivity contribution in [3.63, 3.8) is 0 Å². The SMILES string of the molecule is Cc1cccc(CN(C(=O)CN(c2ccccc2C)S(C)(=O)=O)[C@@H](Cc2ccccc2)C(=O)NC2CCCC2)c1. The molecule has 0 aliphatic heterocycles. The minimum absolute atomic E-state index is 0.0844. The first-order valence-electron chi connectivity index (χ1n) is 13.8. The van der Waals surface area contributed by atoms with E-state index in [-0.39, 0.29) is 18.5 Å². The molecule has 0 radical (unpaired) electrons. The maximum absolute atomic E-state index is 14.2. The molecule has 0 spiro atoms. The molecule has 1 N–H and O–H groups in total. The van der Waals surface area contributed by atoms with Crippen molar-refractivity contribution in [1.82, 2.24) is 10.2 Å². The van der Waals surface area contributed by atoms with E-state index in [0.717, 1.165) is 58.5 Å². The fourth-order valence-electron chi connectivity index (χ4n) is 5.37. The maximum atomic E-state index is 14.2. The molecule has 3 aromatic carbocycles. The second-order valence-corrected chi connectivity index (χ2v) is 12.7. The Bertz CT molecular complexity index is 1420. The minimum Gasteiger partial charge on any atom is -0.352 e. The van der Waals surface area contributed by atoms with Gasteiger partial charge in [-0.15, -0.1) is 0 Å². The third-order valence-electron chi connectivity index (χ3n) is 7.47. The largest absolute Gasteiger partial charge is 0.352 e. The third kappa shape index (κ3) is 7.72. The number of nitrogens with one attached hydrogen (secondary N) is 1. The Labute approximate surface area is 238 Å². The number of rotatable bonds is 11.